The molecule has 2 N–H and O–H groups in total. The van der Waals surface area contributed by atoms with E-state index in [1.807, 2.05) is 0 Å². The summed E-state index contributed by atoms with van der Waals surface area (Å²) in [4.78, 5) is 12.4. The lowest BCUT2D eigenvalue weighted by Crippen LogP contribution is -2.28. The van der Waals surface area contributed by atoms with Gasteiger partial charge in [-0.3, -0.25) is 4.79 Å². The van der Waals surface area contributed by atoms with Crippen LogP contribution in [0.25, 0.3) is 5.57 Å². The van der Waals surface area contributed by atoms with Gasteiger partial charge in [0.2, 0.25) is 0 Å². The van der Waals surface area contributed by atoms with Crippen LogP contribution in [0.15, 0.2) is 24.3 Å². The summed E-state index contributed by atoms with van der Waals surface area (Å²) >= 11 is 0. The first-order valence-electron chi connectivity index (χ1n) is 7.73. The highest BCUT2D eigenvalue weighted by molar-refractivity contribution is 5.97. The van der Waals surface area contributed by atoms with Crippen molar-refractivity contribution < 1.29 is 9.53 Å². The van der Waals surface area contributed by atoms with Crippen molar-refractivity contribution in [3.8, 4) is 0 Å². The molecule has 118 valence electrons. The fourth-order valence-corrected chi connectivity index (χ4v) is 3.70. The first kappa shape index (κ1) is 15.5. The molecule has 1 aromatic carbocycles. The number of nitrogens with one attached hydrogen (secondary N) is 2. The molecule has 2 atom stereocenters. The molecule has 3 aliphatic heterocycles. The van der Waals surface area contributed by atoms with Crippen LogP contribution in [-0.4, -0.2) is 38.8 Å². The summed E-state index contributed by atoms with van der Waals surface area (Å²) in [5.41, 5.74) is 4.52. The van der Waals surface area contributed by atoms with E-state index in [1.54, 1.807) is 0 Å². The Morgan fingerprint density at radius 3 is 2.91 bits per heavy atom. The Bertz CT molecular complexity index is 615. The number of carbonyl (C=O) groups excluding carboxylic acids is 1. The first-order chi connectivity index (χ1) is 10.3. The summed E-state index contributed by atoms with van der Waals surface area (Å²) in [6, 6.07) is 6.41. The quantitative estimate of drug-likeness (QED) is 0.831. The molecule has 0 aromatic heterocycles. The van der Waals surface area contributed by atoms with Crippen LogP contribution >= 0.6 is 12.4 Å². The van der Waals surface area contributed by atoms with E-state index in [-0.39, 0.29) is 18.3 Å². The third-order valence-corrected chi connectivity index (χ3v) is 4.90. The van der Waals surface area contributed by atoms with Crippen LogP contribution in [-0.2, 0) is 4.74 Å². The minimum atomic E-state index is 0. The number of halogens is 1. The maximum Gasteiger partial charge on any atom is 0.251 e. The van der Waals surface area contributed by atoms with Gasteiger partial charge < -0.3 is 15.4 Å². The molecule has 0 unspecified atom stereocenters. The molecule has 1 fully saturated rings. The number of hydrogen-bond acceptors (Lipinski definition) is 3. The van der Waals surface area contributed by atoms with Crippen molar-refractivity contribution in [3.63, 3.8) is 0 Å². The number of benzene rings is 1. The summed E-state index contributed by atoms with van der Waals surface area (Å²) < 4.78 is 5.37. The average Bonchev–Trinajstić information content (AvgIpc) is 2.96. The van der Waals surface area contributed by atoms with Gasteiger partial charge in [-0.2, -0.15) is 0 Å². The summed E-state index contributed by atoms with van der Waals surface area (Å²) in [5.74, 6) is 1.05. The fraction of sp³-hybridized carbons (Fsp3) is 0.471. The van der Waals surface area contributed by atoms with Crippen molar-refractivity contribution in [1.29, 1.82) is 0 Å². The molecule has 0 spiro atoms. The Morgan fingerprint density at radius 2 is 2.09 bits per heavy atom. The van der Waals surface area contributed by atoms with Gasteiger partial charge in [-0.05, 0) is 35.1 Å². The number of ether oxygens (including phenoxy) is 1. The number of rotatable bonds is 1. The number of carbonyl (C=O) groups is 1. The van der Waals surface area contributed by atoms with E-state index in [4.69, 9.17) is 4.74 Å². The molecule has 3 heterocycles. The monoisotopic (exact) mass is 320 g/mol. The van der Waals surface area contributed by atoms with Gasteiger partial charge in [0.15, 0.2) is 0 Å². The smallest absolute Gasteiger partial charge is 0.251 e. The minimum Gasteiger partial charge on any atom is -0.377 e. The maximum atomic E-state index is 12.4. The highest BCUT2D eigenvalue weighted by atomic mass is 35.5. The van der Waals surface area contributed by atoms with Crippen LogP contribution in [0, 0.1) is 5.92 Å². The predicted octanol–water partition coefficient (Wildman–Crippen LogP) is 1.96. The van der Waals surface area contributed by atoms with E-state index in [9.17, 15) is 4.79 Å². The predicted molar refractivity (Wildman–Crippen MR) is 88.5 cm³/mol. The van der Waals surface area contributed by atoms with Crippen LogP contribution < -0.4 is 10.6 Å². The Morgan fingerprint density at radius 1 is 1.18 bits per heavy atom. The summed E-state index contributed by atoms with van der Waals surface area (Å²) in [7, 11) is 0. The number of amides is 1. The zero-order valence-electron chi connectivity index (χ0n) is 12.4. The van der Waals surface area contributed by atoms with Crippen LogP contribution in [0.1, 0.15) is 33.8 Å². The third-order valence-electron chi connectivity index (χ3n) is 4.90. The van der Waals surface area contributed by atoms with Crippen molar-refractivity contribution in [2.75, 3.05) is 32.8 Å². The third kappa shape index (κ3) is 2.67. The molecular weight excluding hydrogens is 300 g/mol. The maximum absolute atomic E-state index is 12.4. The summed E-state index contributed by atoms with van der Waals surface area (Å²) in [6.45, 7) is 4.19. The highest BCUT2D eigenvalue weighted by Crippen LogP contribution is 2.34. The minimum absolute atomic E-state index is 0. The zero-order valence-corrected chi connectivity index (χ0v) is 13.2. The molecule has 4 rings (SSSR count). The lowest BCUT2D eigenvalue weighted by molar-refractivity contribution is 0.0952. The van der Waals surface area contributed by atoms with Gasteiger partial charge in [0.1, 0.15) is 0 Å². The molecule has 1 saturated heterocycles. The average molecular weight is 321 g/mol. The Labute approximate surface area is 136 Å². The Kier molecular flexibility index (Phi) is 4.52. The molecule has 0 bridgehead atoms. The van der Waals surface area contributed by atoms with Gasteiger partial charge >= 0.3 is 0 Å². The molecule has 3 aliphatic rings. The second-order valence-corrected chi connectivity index (χ2v) is 6.09. The zero-order chi connectivity index (χ0) is 14.2. The van der Waals surface area contributed by atoms with E-state index in [1.165, 1.54) is 11.1 Å². The molecule has 1 aromatic rings. The molecule has 0 saturated carbocycles. The first-order valence-corrected chi connectivity index (χ1v) is 7.73. The topological polar surface area (TPSA) is 50.4 Å². The van der Waals surface area contributed by atoms with Crippen molar-refractivity contribution in [1.82, 2.24) is 10.6 Å². The molecule has 5 heteroatoms. The molecule has 22 heavy (non-hydrogen) atoms. The Hall–Kier alpha value is -1.36. The van der Waals surface area contributed by atoms with E-state index in [0.29, 0.717) is 18.4 Å². The SMILES string of the molecule is Cl.O=C1NC[C@H]2CNC[C@@H]2c2ccc(C3=CCOCC3)cc21. The van der Waals surface area contributed by atoms with Gasteiger partial charge in [0.25, 0.3) is 5.91 Å². The van der Waals surface area contributed by atoms with Gasteiger partial charge in [0, 0.05) is 31.1 Å². The van der Waals surface area contributed by atoms with E-state index in [0.717, 1.165) is 43.8 Å². The second-order valence-electron chi connectivity index (χ2n) is 6.09. The van der Waals surface area contributed by atoms with Gasteiger partial charge in [0.05, 0.1) is 13.2 Å². The molecule has 0 radical (unpaired) electrons. The van der Waals surface area contributed by atoms with Crippen molar-refractivity contribution >= 4 is 23.9 Å². The largest absolute Gasteiger partial charge is 0.377 e. The van der Waals surface area contributed by atoms with Crippen LogP contribution in [0.5, 0.6) is 0 Å². The fourth-order valence-electron chi connectivity index (χ4n) is 3.70. The molecule has 0 aliphatic carbocycles. The van der Waals surface area contributed by atoms with E-state index >= 15 is 0 Å². The van der Waals surface area contributed by atoms with Gasteiger partial charge in [-0.1, -0.05) is 18.2 Å². The van der Waals surface area contributed by atoms with Gasteiger partial charge in [-0.25, -0.2) is 0 Å². The lowest BCUT2D eigenvalue weighted by Gasteiger charge is -2.18. The number of hydrogen-bond donors (Lipinski definition) is 2. The summed E-state index contributed by atoms with van der Waals surface area (Å²) in [6.07, 6.45) is 3.05. The summed E-state index contributed by atoms with van der Waals surface area (Å²) in [5, 5.41) is 6.53. The van der Waals surface area contributed by atoms with Crippen molar-refractivity contribution in [2.45, 2.75) is 12.3 Å². The standard InChI is InChI=1S/C17H20N2O2.ClH/c20-17-15-7-12(11-3-5-21-6-4-11)1-2-14(15)16-10-18-8-13(16)9-19-17;/h1-3,7,13,16,18H,4-6,8-10H2,(H,19,20);1H/t13-,16+;/m1./s1. The van der Waals surface area contributed by atoms with Crippen LogP contribution in [0.3, 0.4) is 0 Å². The second kappa shape index (κ2) is 6.41. The molecular formula is C17H21ClN2O2. The molecule has 4 nitrogen and oxygen atoms in total. The van der Waals surface area contributed by atoms with Crippen molar-refractivity contribution in [2.24, 2.45) is 5.92 Å². The normalized spacial score (nSPS) is 26.9. The molecule has 1 amide bonds. The van der Waals surface area contributed by atoms with Gasteiger partial charge in [-0.15, -0.1) is 12.4 Å². The van der Waals surface area contributed by atoms with Crippen LogP contribution in [0.4, 0.5) is 0 Å². The van der Waals surface area contributed by atoms with E-state index < -0.39 is 0 Å². The van der Waals surface area contributed by atoms with E-state index in [2.05, 4.69) is 34.9 Å². The highest BCUT2D eigenvalue weighted by Gasteiger charge is 2.34. The Balaban J connectivity index is 0.00000144. The van der Waals surface area contributed by atoms with Crippen LogP contribution in [0.2, 0.25) is 0 Å². The van der Waals surface area contributed by atoms with Crippen molar-refractivity contribution in [3.05, 3.63) is 41.0 Å². The number of fused-ring (bicyclic) bond motifs is 3. The lowest BCUT2D eigenvalue weighted by atomic mass is 9.85.